The lowest BCUT2D eigenvalue weighted by Gasteiger charge is -2.01. The summed E-state index contributed by atoms with van der Waals surface area (Å²) in [4.78, 5) is 0. The van der Waals surface area contributed by atoms with Crippen molar-refractivity contribution < 1.29 is 0 Å². The number of aromatic nitrogens is 4. The van der Waals surface area contributed by atoms with Crippen LogP contribution in [0.1, 0.15) is 18.2 Å². The van der Waals surface area contributed by atoms with Crippen molar-refractivity contribution in [1.29, 1.82) is 5.26 Å². The Balaban J connectivity index is 2.28. The fourth-order valence-corrected chi connectivity index (χ4v) is 2.14. The van der Waals surface area contributed by atoms with Crippen LogP contribution in [0.25, 0.3) is 16.7 Å². The number of nitrogens with zero attached hydrogens (tertiary/aromatic N) is 4. The zero-order valence-corrected chi connectivity index (χ0v) is 10.4. The number of hydrogen-bond donors (Lipinski definition) is 2. The monoisotopic (exact) mass is 252 g/mol. The van der Waals surface area contributed by atoms with Crippen molar-refractivity contribution in [1.82, 2.24) is 20.0 Å². The molecule has 0 saturated carbocycles. The molecular weight excluding hydrogens is 240 g/mol. The van der Waals surface area contributed by atoms with Crippen LogP contribution in [0.3, 0.4) is 0 Å². The number of nitrogens with two attached hydrogens (primary N) is 1. The molecular formula is C13H12N6. The van der Waals surface area contributed by atoms with E-state index in [1.54, 1.807) is 16.8 Å². The van der Waals surface area contributed by atoms with Crippen LogP contribution in [-0.4, -0.2) is 20.0 Å². The van der Waals surface area contributed by atoms with E-state index in [-0.39, 0.29) is 0 Å². The van der Waals surface area contributed by atoms with Crippen LogP contribution in [0.4, 0.5) is 5.82 Å². The zero-order valence-electron chi connectivity index (χ0n) is 10.4. The summed E-state index contributed by atoms with van der Waals surface area (Å²) in [5.74, 6) is 0.523. The lowest BCUT2D eigenvalue weighted by atomic mass is 10.2. The third-order valence-electron chi connectivity index (χ3n) is 3.04. The van der Waals surface area contributed by atoms with E-state index in [0.717, 1.165) is 23.2 Å². The Hall–Kier alpha value is -2.81. The maximum atomic E-state index is 8.96. The zero-order chi connectivity index (χ0) is 13.4. The Kier molecular flexibility index (Phi) is 2.46. The van der Waals surface area contributed by atoms with Crippen molar-refractivity contribution in [3.05, 3.63) is 35.5 Å². The van der Waals surface area contributed by atoms with Gasteiger partial charge in [0, 0.05) is 0 Å². The molecule has 0 aliphatic carbocycles. The molecule has 0 bridgehead atoms. The van der Waals surface area contributed by atoms with Gasteiger partial charge in [-0.3, -0.25) is 5.10 Å². The number of nitrogens with one attached hydrogen (secondary N) is 1. The van der Waals surface area contributed by atoms with Crippen molar-refractivity contribution in [3.8, 4) is 11.8 Å². The molecule has 0 fully saturated rings. The highest BCUT2D eigenvalue weighted by Gasteiger charge is 2.16. The van der Waals surface area contributed by atoms with Crippen LogP contribution in [0, 0.1) is 11.3 Å². The summed E-state index contributed by atoms with van der Waals surface area (Å²) < 4.78 is 1.71. The van der Waals surface area contributed by atoms with Gasteiger partial charge in [0.1, 0.15) is 5.82 Å². The minimum atomic E-state index is 0.523. The van der Waals surface area contributed by atoms with Gasteiger partial charge in [0.05, 0.1) is 28.4 Å². The molecule has 0 amide bonds. The fraction of sp³-hybridized carbons (Fsp3) is 0.154. The van der Waals surface area contributed by atoms with Gasteiger partial charge in [0.25, 0.3) is 0 Å². The number of aryl methyl sites for hydroxylation is 1. The average molecular weight is 252 g/mol. The number of benzene rings is 1. The molecule has 19 heavy (non-hydrogen) atoms. The molecule has 2 aromatic heterocycles. The van der Waals surface area contributed by atoms with E-state index < -0.39 is 0 Å². The smallest absolute Gasteiger partial charge is 0.186 e. The topological polar surface area (TPSA) is 96.3 Å². The highest BCUT2D eigenvalue weighted by atomic mass is 15.4. The standard InChI is InChI=1S/C13H12N6/c1-2-10-11-12(15)16-17-13(11)19(18-10)9-5-3-4-8(6-9)7-14/h3-6H,2H2,1H3,(H3,15,16,17). The number of hydrogen-bond acceptors (Lipinski definition) is 4. The summed E-state index contributed by atoms with van der Waals surface area (Å²) in [6.45, 7) is 2.02. The third kappa shape index (κ3) is 1.64. The second-order valence-electron chi connectivity index (χ2n) is 4.21. The lowest BCUT2D eigenvalue weighted by Crippen LogP contribution is -1.99. The number of anilines is 1. The van der Waals surface area contributed by atoms with E-state index in [9.17, 15) is 0 Å². The maximum absolute atomic E-state index is 8.96. The Morgan fingerprint density at radius 2 is 2.32 bits per heavy atom. The summed E-state index contributed by atoms with van der Waals surface area (Å²) in [7, 11) is 0. The average Bonchev–Trinajstić information content (AvgIpc) is 3.00. The predicted octanol–water partition coefficient (Wildman–Crippen LogP) is 1.76. The second kappa shape index (κ2) is 4.14. The SMILES string of the molecule is CCc1nn(-c2cccc(C#N)c2)c2n[nH]c(N)c12. The van der Waals surface area contributed by atoms with Crippen LogP contribution >= 0.6 is 0 Å². The Morgan fingerprint density at radius 3 is 3.05 bits per heavy atom. The highest BCUT2D eigenvalue weighted by molar-refractivity contribution is 5.89. The first-order valence-electron chi connectivity index (χ1n) is 5.96. The molecule has 0 spiro atoms. The quantitative estimate of drug-likeness (QED) is 0.726. The molecule has 0 aliphatic heterocycles. The lowest BCUT2D eigenvalue weighted by molar-refractivity contribution is 0.844. The van der Waals surface area contributed by atoms with Crippen molar-refractivity contribution in [2.75, 3.05) is 5.73 Å². The van der Waals surface area contributed by atoms with E-state index in [1.165, 1.54) is 0 Å². The van der Waals surface area contributed by atoms with Crippen LogP contribution in [0.2, 0.25) is 0 Å². The van der Waals surface area contributed by atoms with Gasteiger partial charge in [-0.1, -0.05) is 13.0 Å². The number of rotatable bonds is 2. The molecule has 3 aromatic rings. The van der Waals surface area contributed by atoms with Gasteiger partial charge in [0.2, 0.25) is 0 Å². The molecule has 0 radical (unpaired) electrons. The molecule has 3 N–H and O–H groups in total. The first-order chi connectivity index (χ1) is 9.24. The first kappa shape index (κ1) is 11.3. The summed E-state index contributed by atoms with van der Waals surface area (Å²) in [6.07, 6.45) is 0.769. The molecule has 2 heterocycles. The Labute approximate surface area is 109 Å². The van der Waals surface area contributed by atoms with E-state index >= 15 is 0 Å². The van der Waals surface area contributed by atoms with Gasteiger partial charge >= 0.3 is 0 Å². The van der Waals surface area contributed by atoms with Gasteiger partial charge in [0.15, 0.2) is 5.65 Å². The molecule has 0 unspecified atom stereocenters. The van der Waals surface area contributed by atoms with Gasteiger partial charge in [-0.15, -0.1) is 0 Å². The Bertz CT molecular complexity index is 789. The van der Waals surface area contributed by atoms with Crippen LogP contribution in [0.15, 0.2) is 24.3 Å². The largest absolute Gasteiger partial charge is 0.383 e. The van der Waals surface area contributed by atoms with E-state index in [1.807, 2.05) is 19.1 Å². The van der Waals surface area contributed by atoms with Crippen molar-refractivity contribution >= 4 is 16.9 Å². The number of nitrogen functional groups attached to an aromatic ring is 1. The van der Waals surface area contributed by atoms with Gasteiger partial charge in [-0.05, 0) is 24.6 Å². The number of nitriles is 1. The van der Waals surface area contributed by atoms with Gasteiger partial charge in [-0.25, -0.2) is 4.68 Å². The summed E-state index contributed by atoms with van der Waals surface area (Å²) in [5, 5.41) is 21.3. The number of fused-ring (bicyclic) bond motifs is 1. The maximum Gasteiger partial charge on any atom is 0.186 e. The summed E-state index contributed by atoms with van der Waals surface area (Å²) >= 11 is 0. The van der Waals surface area contributed by atoms with Crippen LogP contribution in [0.5, 0.6) is 0 Å². The normalized spacial score (nSPS) is 10.7. The van der Waals surface area contributed by atoms with E-state index in [4.69, 9.17) is 11.0 Å². The minimum Gasteiger partial charge on any atom is -0.383 e. The minimum absolute atomic E-state index is 0.523. The van der Waals surface area contributed by atoms with Crippen LogP contribution in [-0.2, 0) is 6.42 Å². The number of aromatic amines is 1. The fourth-order valence-electron chi connectivity index (χ4n) is 2.14. The van der Waals surface area contributed by atoms with Crippen molar-refractivity contribution in [3.63, 3.8) is 0 Å². The molecule has 1 aromatic carbocycles. The third-order valence-corrected chi connectivity index (χ3v) is 3.04. The molecule has 0 atom stereocenters. The first-order valence-corrected chi connectivity index (χ1v) is 5.96. The summed E-state index contributed by atoms with van der Waals surface area (Å²) in [6, 6.07) is 9.35. The molecule has 0 saturated heterocycles. The molecule has 94 valence electrons. The van der Waals surface area contributed by atoms with Crippen molar-refractivity contribution in [2.24, 2.45) is 0 Å². The summed E-state index contributed by atoms with van der Waals surface area (Å²) in [5.41, 5.74) is 8.84. The van der Waals surface area contributed by atoms with Gasteiger partial charge in [-0.2, -0.15) is 15.5 Å². The number of H-pyrrole nitrogens is 1. The predicted molar refractivity (Wildman–Crippen MR) is 71.7 cm³/mol. The molecule has 6 heteroatoms. The molecule has 0 aliphatic rings. The van der Waals surface area contributed by atoms with E-state index in [0.29, 0.717) is 17.0 Å². The van der Waals surface area contributed by atoms with E-state index in [2.05, 4.69) is 21.4 Å². The second-order valence-corrected chi connectivity index (χ2v) is 4.21. The molecule has 6 nitrogen and oxygen atoms in total. The van der Waals surface area contributed by atoms with Crippen LogP contribution < -0.4 is 5.73 Å². The van der Waals surface area contributed by atoms with Crippen molar-refractivity contribution in [2.45, 2.75) is 13.3 Å². The Morgan fingerprint density at radius 1 is 1.47 bits per heavy atom. The highest BCUT2D eigenvalue weighted by Crippen LogP contribution is 2.25. The molecule has 3 rings (SSSR count). The van der Waals surface area contributed by atoms with Gasteiger partial charge < -0.3 is 5.73 Å².